The van der Waals surface area contributed by atoms with Crippen LogP contribution in [0.2, 0.25) is 0 Å². The molecule has 2 atom stereocenters. The van der Waals surface area contributed by atoms with Crippen LogP contribution in [0.4, 0.5) is 0 Å². The zero-order chi connectivity index (χ0) is 8.28. The molecule has 0 radical (unpaired) electrons. The van der Waals surface area contributed by atoms with Crippen LogP contribution in [-0.2, 0) is 4.79 Å². The summed E-state index contributed by atoms with van der Waals surface area (Å²) in [5.41, 5.74) is -0.522. The predicted octanol–water partition coefficient (Wildman–Crippen LogP) is 0.555. The van der Waals surface area contributed by atoms with E-state index in [1.807, 2.05) is 13.8 Å². The van der Waals surface area contributed by atoms with Crippen molar-refractivity contribution < 1.29 is 9.90 Å². The molecule has 3 nitrogen and oxygen atoms in total. The van der Waals surface area contributed by atoms with Gasteiger partial charge in [-0.05, 0) is 18.4 Å². The molecular weight excluding hydrogens is 142 g/mol. The summed E-state index contributed by atoms with van der Waals surface area (Å²) >= 11 is 0. The van der Waals surface area contributed by atoms with Gasteiger partial charge in [0.2, 0.25) is 0 Å². The van der Waals surface area contributed by atoms with E-state index in [9.17, 15) is 4.79 Å². The normalized spacial score (nSPS) is 45.1. The second kappa shape index (κ2) is 1.61. The minimum Gasteiger partial charge on any atom is -0.480 e. The Morgan fingerprint density at radius 1 is 1.55 bits per heavy atom. The lowest BCUT2D eigenvalue weighted by Crippen LogP contribution is -2.39. The van der Waals surface area contributed by atoms with E-state index in [4.69, 9.17) is 5.11 Å². The van der Waals surface area contributed by atoms with Gasteiger partial charge in [0.05, 0.1) is 0 Å². The molecule has 62 valence electrons. The highest BCUT2D eigenvalue weighted by Gasteiger charge is 2.70. The van der Waals surface area contributed by atoms with Gasteiger partial charge in [-0.25, -0.2) is 0 Å². The molecule has 0 amide bonds. The van der Waals surface area contributed by atoms with Crippen molar-refractivity contribution in [3.05, 3.63) is 0 Å². The molecule has 11 heavy (non-hydrogen) atoms. The molecule has 0 aromatic carbocycles. The molecule has 2 rings (SSSR count). The molecule has 2 aliphatic heterocycles. The highest BCUT2D eigenvalue weighted by Crippen LogP contribution is 2.55. The van der Waals surface area contributed by atoms with Crippen molar-refractivity contribution in [1.82, 2.24) is 4.90 Å². The molecule has 2 heterocycles. The first-order chi connectivity index (χ1) is 5.01. The van der Waals surface area contributed by atoms with Gasteiger partial charge in [-0.1, -0.05) is 13.8 Å². The molecule has 0 aromatic rings. The Balaban J connectivity index is 2.35. The predicted molar refractivity (Wildman–Crippen MR) is 40.3 cm³/mol. The van der Waals surface area contributed by atoms with E-state index in [-0.39, 0.29) is 5.41 Å². The maximum absolute atomic E-state index is 10.9. The summed E-state index contributed by atoms with van der Waals surface area (Å²) in [4.78, 5) is 13.0. The van der Waals surface area contributed by atoms with Crippen molar-refractivity contribution >= 4 is 5.97 Å². The van der Waals surface area contributed by atoms with E-state index >= 15 is 0 Å². The zero-order valence-corrected chi connectivity index (χ0v) is 6.92. The quantitative estimate of drug-likeness (QED) is 0.562. The van der Waals surface area contributed by atoms with Gasteiger partial charge in [0.1, 0.15) is 5.54 Å². The molecule has 2 saturated heterocycles. The third-order valence-electron chi connectivity index (χ3n) is 3.34. The van der Waals surface area contributed by atoms with Gasteiger partial charge in [-0.15, -0.1) is 0 Å². The largest absolute Gasteiger partial charge is 0.480 e. The summed E-state index contributed by atoms with van der Waals surface area (Å²) in [7, 11) is 0. The number of carboxylic acids is 1. The molecule has 2 aliphatic rings. The van der Waals surface area contributed by atoms with Gasteiger partial charge in [0.15, 0.2) is 0 Å². The Kier molecular flexibility index (Phi) is 1.04. The lowest BCUT2D eigenvalue weighted by molar-refractivity contribution is -0.143. The Morgan fingerprint density at radius 3 is 2.36 bits per heavy atom. The lowest BCUT2D eigenvalue weighted by Gasteiger charge is -2.24. The number of rotatable bonds is 1. The monoisotopic (exact) mass is 155 g/mol. The van der Waals surface area contributed by atoms with Crippen molar-refractivity contribution in [2.24, 2.45) is 5.41 Å². The Labute approximate surface area is 66.0 Å². The Morgan fingerprint density at radius 2 is 2.18 bits per heavy atom. The minimum atomic E-state index is -0.639. The molecule has 3 heteroatoms. The van der Waals surface area contributed by atoms with Crippen LogP contribution in [0.15, 0.2) is 0 Å². The van der Waals surface area contributed by atoms with Crippen molar-refractivity contribution in [1.29, 1.82) is 0 Å². The maximum Gasteiger partial charge on any atom is 0.326 e. The van der Waals surface area contributed by atoms with Crippen molar-refractivity contribution in [2.75, 3.05) is 13.1 Å². The van der Waals surface area contributed by atoms with Crippen LogP contribution in [0, 0.1) is 5.41 Å². The topological polar surface area (TPSA) is 40.3 Å². The number of hydrogen-bond donors (Lipinski definition) is 1. The number of carbonyl (C=O) groups is 1. The van der Waals surface area contributed by atoms with E-state index in [1.165, 1.54) is 0 Å². The first-order valence-electron chi connectivity index (χ1n) is 3.99. The number of fused-ring (bicyclic) bond motifs is 1. The molecule has 0 bridgehead atoms. The molecule has 1 unspecified atom stereocenters. The first-order valence-corrected chi connectivity index (χ1v) is 3.99. The maximum atomic E-state index is 10.9. The number of nitrogens with zero attached hydrogens (tertiary/aromatic N) is 1. The average molecular weight is 155 g/mol. The average Bonchev–Trinajstić information content (AvgIpc) is 2.53. The molecule has 2 fully saturated rings. The van der Waals surface area contributed by atoms with E-state index in [1.54, 1.807) is 0 Å². The second-order valence-corrected chi connectivity index (χ2v) is 4.22. The molecule has 0 saturated carbocycles. The number of hydrogen-bond acceptors (Lipinski definition) is 2. The standard InChI is InChI=1S/C8H13NO2/c1-7(2)3-4-9-5-8(7,9)6(10)11/h3-5H2,1-2H3,(H,10,11)/t8-,9?/m1/s1. The summed E-state index contributed by atoms with van der Waals surface area (Å²) in [6.07, 6.45) is 1.01. The number of aliphatic carboxylic acids is 1. The summed E-state index contributed by atoms with van der Waals surface area (Å²) < 4.78 is 0. The van der Waals surface area contributed by atoms with E-state index in [0.29, 0.717) is 0 Å². The van der Waals surface area contributed by atoms with Gasteiger partial charge in [0.25, 0.3) is 0 Å². The van der Waals surface area contributed by atoms with Crippen LogP contribution in [-0.4, -0.2) is 34.6 Å². The first kappa shape index (κ1) is 7.10. The van der Waals surface area contributed by atoms with Crippen LogP contribution in [0.1, 0.15) is 20.3 Å². The fraction of sp³-hybridized carbons (Fsp3) is 0.875. The van der Waals surface area contributed by atoms with Crippen LogP contribution < -0.4 is 0 Å². The highest BCUT2D eigenvalue weighted by atomic mass is 16.4. The van der Waals surface area contributed by atoms with Crippen molar-refractivity contribution in [3.63, 3.8) is 0 Å². The molecule has 0 aromatic heterocycles. The SMILES string of the molecule is CC1(C)CCN2C[C@]21C(=O)O. The molecule has 1 N–H and O–H groups in total. The summed E-state index contributed by atoms with van der Waals surface area (Å²) in [6.45, 7) is 5.82. The number of carboxylic acid groups (broad SMARTS) is 1. The van der Waals surface area contributed by atoms with Gasteiger partial charge < -0.3 is 5.11 Å². The van der Waals surface area contributed by atoms with Crippen molar-refractivity contribution in [2.45, 2.75) is 25.8 Å². The van der Waals surface area contributed by atoms with Crippen LogP contribution in [0.3, 0.4) is 0 Å². The molecular formula is C8H13NO2. The summed E-state index contributed by atoms with van der Waals surface area (Å²) in [6, 6.07) is 0. The third kappa shape index (κ3) is 0.601. The van der Waals surface area contributed by atoms with E-state index in [2.05, 4.69) is 4.90 Å². The zero-order valence-electron chi connectivity index (χ0n) is 6.92. The Hall–Kier alpha value is -0.570. The van der Waals surface area contributed by atoms with Crippen molar-refractivity contribution in [3.8, 4) is 0 Å². The third-order valence-corrected chi connectivity index (χ3v) is 3.34. The smallest absolute Gasteiger partial charge is 0.326 e. The summed E-state index contributed by atoms with van der Waals surface area (Å²) in [5.74, 6) is -0.639. The van der Waals surface area contributed by atoms with Gasteiger partial charge >= 0.3 is 5.97 Å². The molecule has 0 spiro atoms. The summed E-state index contributed by atoms with van der Waals surface area (Å²) in [5, 5.41) is 9.01. The van der Waals surface area contributed by atoms with Crippen LogP contribution in [0.5, 0.6) is 0 Å². The second-order valence-electron chi connectivity index (χ2n) is 4.22. The minimum absolute atomic E-state index is 0.0289. The van der Waals surface area contributed by atoms with Gasteiger partial charge in [-0.2, -0.15) is 0 Å². The number of piperidine rings is 1. The van der Waals surface area contributed by atoms with E-state index < -0.39 is 11.5 Å². The van der Waals surface area contributed by atoms with Crippen LogP contribution in [0.25, 0.3) is 0 Å². The Bertz CT molecular complexity index is 224. The fourth-order valence-corrected chi connectivity index (χ4v) is 2.27. The van der Waals surface area contributed by atoms with E-state index in [0.717, 1.165) is 19.5 Å². The lowest BCUT2D eigenvalue weighted by atomic mass is 9.77. The van der Waals surface area contributed by atoms with Gasteiger partial charge in [0, 0.05) is 6.54 Å². The highest BCUT2D eigenvalue weighted by molar-refractivity contribution is 5.84. The van der Waals surface area contributed by atoms with Gasteiger partial charge in [-0.3, -0.25) is 9.69 Å². The fourth-order valence-electron chi connectivity index (χ4n) is 2.27. The molecule has 0 aliphatic carbocycles. The van der Waals surface area contributed by atoms with Crippen LogP contribution >= 0.6 is 0 Å².